The normalized spacial score (nSPS) is 12.6. The molecule has 0 saturated heterocycles. The highest BCUT2D eigenvalue weighted by Gasteiger charge is 2.37. The number of rotatable bonds is 8. The zero-order chi connectivity index (χ0) is 43.5. The number of fused-ring (bicyclic) bond motifs is 6. The summed E-state index contributed by atoms with van der Waals surface area (Å²) >= 11 is 0. The zero-order valence-corrected chi connectivity index (χ0v) is 36.5. The third kappa shape index (κ3) is 6.25. The van der Waals surface area contributed by atoms with Crippen LogP contribution >= 0.6 is 0 Å². The van der Waals surface area contributed by atoms with Crippen molar-refractivity contribution in [2.75, 3.05) is 4.90 Å². The van der Waals surface area contributed by atoms with Crippen molar-refractivity contribution < 1.29 is 0 Å². The summed E-state index contributed by atoms with van der Waals surface area (Å²) in [5.74, 6) is 0. The molecule has 2 nitrogen and oxygen atoms in total. The lowest BCUT2D eigenvalue weighted by Crippen LogP contribution is -2.15. The molecule has 1 heterocycles. The van der Waals surface area contributed by atoms with Gasteiger partial charge in [-0.3, -0.25) is 0 Å². The van der Waals surface area contributed by atoms with E-state index in [4.69, 9.17) is 0 Å². The van der Waals surface area contributed by atoms with Crippen molar-refractivity contribution in [3.63, 3.8) is 0 Å². The van der Waals surface area contributed by atoms with Gasteiger partial charge in [-0.05, 0) is 104 Å². The molecule has 0 fully saturated rings. The minimum Gasteiger partial charge on any atom is -0.309 e. The summed E-state index contributed by atoms with van der Waals surface area (Å²) in [5, 5.41) is 2.48. The molecule has 0 radical (unpaired) electrons. The van der Waals surface area contributed by atoms with Crippen molar-refractivity contribution in [2.45, 2.75) is 19.3 Å². The average Bonchev–Trinajstić information content (AvgIpc) is 3.83. The van der Waals surface area contributed by atoms with Crippen molar-refractivity contribution in [2.24, 2.45) is 0 Å². The molecule has 1 aromatic heterocycles. The SMILES string of the molecule is CC1(C)c2ccccc2-c2c(-c3ccccc3N(c3cccc(-c4cccc5c4c4ccccc4n5-c4ccccc4)c3)c3ccccc3-c3ccccc3-c3ccccc3)cccc21. The number of benzene rings is 10. The van der Waals surface area contributed by atoms with Crippen LogP contribution in [-0.2, 0) is 5.41 Å². The van der Waals surface area contributed by atoms with Crippen LogP contribution < -0.4 is 4.90 Å². The summed E-state index contributed by atoms with van der Waals surface area (Å²) < 4.78 is 2.40. The fraction of sp³-hybridized carbons (Fsp3) is 0.0476. The molecule has 0 aliphatic heterocycles. The lowest BCUT2D eigenvalue weighted by molar-refractivity contribution is 0.660. The van der Waals surface area contributed by atoms with E-state index in [9.17, 15) is 0 Å². The van der Waals surface area contributed by atoms with Crippen LogP contribution in [-0.4, -0.2) is 4.57 Å². The van der Waals surface area contributed by atoms with Gasteiger partial charge in [-0.2, -0.15) is 0 Å². The molecular weight excluding hydrogens is 785 g/mol. The number of aromatic nitrogens is 1. The van der Waals surface area contributed by atoms with E-state index in [1.807, 2.05) is 0 Å². The van der Waals surface area contributed by atoms with Gasteiger partial charge in [-0.15, -0.1) is 0 Å². The maximum atomic E-state index is 2.51. The first-order chi connectivity index (χ1) is 32.1. The Morgan fingerprint density at radius 3 is 1.63 bits per heavy atom. The number of hydrogen-bond donors (Lipinski definition) is 0. The first-order valence-corrected chi connectivity index (χ1v) is 22.6. The topological polar surface area (TPSA) is 8.17 Å². The minimum atomic E-state index is -0.122. The third-order valence-corrected chi connectivity index (χ3v) is 13.6. The van der Waals surface area contributed by atoms with Gasteiger partial charge in [0.15, 0.2) is 0 Å². The molecular formula is C63H46N2. The Labute approximate surface area is 381 Å². The molecule has 2 heteroatoms. The molecule has 0 bridgehead atoms. The van der Waals surface area contributed by atoms with Crippen LogP contribution in [0.15, 0.2) is 243 Å². The highest BCUT2D eigenvalue weighted by Crippen LogP contribution is 2.54. The fourth-order valence-electron chi connectivity index (χ4n) is 10.7. The van der Waals surface area contributed by atoms with Crippen molar-refractivity contribution >= 4 is 38.9 Å². The lowest BCUT2D eigenvalue weighted by Gasteiger charge is -2.31. The first-order valence-electron chi connectivity index (χ1n) is 22.6. The maximum Gasteiger partial charge on any atom is 0.0547 e. The lowest BCUT2D eigenvalue weighted by atomic mass is 9.82. The summed E-state index contributed by atoms with van der Waals surface area (Å²) in [6.07, 6.45) is 0. The average molecular weight is 831 g/mol. The molecule has 308 valence electrons. The molecule has 0 amide bonds. The summed E-state index contributed by atoms with van der Waals surface area (Å²) in [6.45, 7) is 4.73. The molecule has 0 N–H and O–H groups in total. The second-order valence-corrected chi connectivity index (χ2v) is 17.6. The van der Waals surface area contributed by atoms with Crippen LogP contribution in [0.25, 0.3) is 83.1 Å². The third-order valence-electron chi connectivity index (χ3n) is 13.6. The highest BCUT2D eigenvalue weighted by molar-refractivity contribution is 6.16. The standard InChI is InChI=1S/C63H46N2/c1-63(2)55-36-15-11-32-53(55)61-52(35-20-37-56(61)63)51-31-13-17-39-58(51)65(57-38-16-12-30-50(57)49-29-10-9-28-47(49)43-22-5-3-6-23-43)46-27-19-24-44(42-46)48-34-21-41-60-62(48)54-33-14-18-40-59(54)64(60)45-25-7-4-8-26-45/h3-42H,1-2H3. The Bertz CT molecular complexity index is 3580. The Hall–Kier alpha value is -8.20. The van der Waals surface area contributed by atoms with Gasteiger partial charge in [0.05, 0.1) is 22.4 Å². The van der Waals surface area contributed by atoms with Crippen molar-refractivity contribution in [3.05, 3.63) is 254 Å². The van der Waals surface area contributed by atoms with Crippen molar-refractivity contribution in [1.82, 2.24) is 4.57 Å². The molecule has 1 aliphatic rings. The summed E-state index contributed by atoms with van der Waals surface area (Å²) in [4.78, 5) is 2.51. The van der Waals surface area contributed by atoms with E-state index >= 15 is 0 Å². The Morgan fingerprint density at radius 1 is 0.354 bits per heavy atom. The molecule has 0 atom stereocenters. The van der Waals surface area contributed by atoms with Gasteiger partial charge in [-0.25, -0.2) is 0 Å². The molecule has 12 rings (SSSR count). The Morgan fingerprint density at radius 2 is 0.862 bits per heavy atom. The molecule has 10 aromatic carbocycles. The van der Waals surface area contributed by atoms with Crippen LogP contribution in [0, 0.1) is 0 Å². The number of para-hydroxylation sites is 4. The number of hydrogen-bond acceptors (Lipinski definition) is 1. The van der Waals surface area contributed by atoms with Gasteiger partial charge < -0.3 is 9.47 Å². The van der Waals surface area contributed by atoms with E-state index < -0.39 is 0 Å². The van der Waals surface area contributed by atoms with Gasteiger partial charge in [0.25, 0.3) is 0 Å². The second-order valence-electron chi connectivity index (χ2n) is 17.6. The van der Waals surface area contributed by atoms with E-state index in [0.29, 0.717) is 0 Å². The van der Waals surface area contributed by atoms with E-state index in [2.05, 4.69) is 266 Å². The predicted octanol–water partition coefficient (Wildman–Crippen LogP) is 17.2. The van der Waals surface area contributed by atoms with Crippen LogP contribution in [0.1, 0.15) is 25.0 Å². The van der Waals surface area contributed by atoms with Crippen molar-refractivity contribution in [3.8, 4) is 61.3 Å². The minimum absolute atomic E-state index is 0.122. The molecule has 65 heavy (non-hydrogen) atoms. The van der Waals surface area contributed by atoms with Gasteiger partial charge >= 0.3 is 0 Å². The summed E-state index contributed by atoms with van der Waals surface area (Å²) in [6, 6.07) is 88.9. The number of nitrogens with zero attached hydrogens (tertiary/aromatic N) is 2. The zero-order valence-electron chi connectivity index (χ0n) is 36.5. The van der Waals surface area contributed by atoms with Gasteiger partial charge in [0.1, 0.15) is 0 Å². The van der Waals surface area contributed by atoms with Crippen molar-refractivity contribution in [1.29, 1.82) is 0 Å². The second kappa shape index (κ2) is 15.6. The highest BCUT2D eigenvalue weighted by atomic mass is 15.1. The molecule has 11 aromatic rings. The van der Waals surface area contributed by atoms with Gasteiger partial charge in [-0.1, -0.05) is 208 Å². The Balaban J connectivity index is 1.12. The Kier molecular flexibility index (Phi) is 9.21. The van der Waals surface area contributed by atoms with Crippen LogP contribution in [0.5, 0.6) is 0 Å². The van der Waals surface area contributed by atoms with Crippen LogP contribution in [0.4, 0.5) is 17.1 Å². The van der Waals surface area contributed by atoms with E-state index in [1.165, 1.54) is 77.4 Å². The van der Waals surface area contributed by atoms with Gasteiger partial charge in [0, 0.05) is 38.7 Å². The molecule has 0 spiro atoms. The van der Waals surface area contributed by atoms with E-state index in [-0.39, 0.29) is 5.41 Å². The fourth-order valence-corrected chi connectivity index (χ4v) is 10.7. The van der Waals surface area contributed by atoms with Crippen LogP contribution in [0.2, 0.25) is 0 Å². The smallest absolute Gasteiger partial charge is 0.0547 e. The maximum absolute atomic E-state index is 2.51. The van der Waals surface area contributed by atoms with Crippen LogP contribution in [0.3, 0.4) is 0 Å². The molecule has 0 unspecified atom stereocenters. The summed E-state index contributed by atoms with van der Waals surface area (Å²) in [7, 11) is 0. The largest absolute Gasteiger partial charge is 0.309 e. The van der Waals surface area contributed by atoms with Gasteiger partial charge in [0.2, 0.25) is 0 Å². The first kappa shape index (κ1) is 38.5. The summed E-state index contributed by atoms with van der Waals surface area (Å²) in [5.41, 5.74) is 21.6. The quantitative estimate of drug-likeness (QED) is 0.148. The number of anilines is 3. The monoisotopic (exact) mass is 830 g/mol. The van der Waals surface area contributed by atoms with E-state index in [0.717, 1.165) is 33.9 Å². The molecule has 0 saturated carbocycles. The molecule has 1 aliphatic carbocycles. The van der Waals surface area contributed by atoms with E-state index in [1.54, 1.807) is 0 Å². The predicted molar refractivity (Wildman–Crippen MR) is 275 cm³/mol.